The number of hydrogen-bond donors (Lipinski definition) is 0. The van der Waals surface area contributed by atoms with E-state index in [9.17, 15) is 9.59 Å². The average Bonchev–Trinajstić information content (AvgIpc) is 2.60. The molecule has 132 valence electrons. The van der Waals surface area contributed by atoms with Gasteiger partial charge >= 0.3 is 0 Å². The smallest absolute Gasteiger partial charge is 0.271 e. The van der Waals surface area contributed by atoms with Gasteiger partial charge in [0, 0.05) is 25.2 Å². The molecule has 7 nitrogen and oxygen atoms in total. The van der Waals surface area contributed by atoms with Crippen LogP contribution in [0.25, 0.3) is 5.69 Å². The molecule has 25 heavy (non-hydrogen) atoms. The Morgan fingerprint density at radius 1 is 1.16 bits per heavy atom. The van der Waals surface area contributed by atoms with E-state index < -0.39 is 0 Å². The van der Waals surface area contributed by atoms with Crippen molar-refractivity contribution in [2.75, 3.05) is 19.7 Å². The molecule has 1 fully saturated rings. The van der Waals surface area contributed by atoms with Gasteiger partial charge in [-0.25, -0.2) is 0 Å². The molecule has 0 N–H and O–H groups in total. The van der Waals surface area contributed by atoms with E-state index in [1.807, 2.05) is 32.0 Å². The van der Waals surface area contributed by atoms with Gasteiger partial charge in [-0.05, 0) is 26.0 Å². The molecule has 1 aromatic heterocycles. The van der Waals surface area contributed by atoms with Gasteiger partial charge in [0.05, 0.1) is 17.9 Å². The van der Waals surface area contributed by atoms with Crippen LogP contribution in [-0.4, -0.2) is 52.5 Å². The third-order valence-corrected chi connectivity index (χ3v) is 3.89. The lowest BCUT2D eigenvalue weighted by atomic mass is 10.2. The molecule has 7 heteroatoms. The number of morpholine rings is 1. The molecule has 0 aliphatic carbocycles. The Hall–Kier alpha value is -2.67. The summed E-state index contributed by atoms with van der Waals surface area (Å²) in [5.74, 6) is 0.104. The van der Waals surface area contributed by atoms with Gasteiger partial charge in [0.25, 0.3) is 11.5 Å². The molecule has 0 saturated carbocycles. The van der Waals surface area contributed by atoms with Gasteiger partial charge in [0.15, 0.2) is 6.61 Å². The number of nitrogens with zero attached hydrogens (tertiary/aromatic N) is 3. The molecule has 1 aliphatic rings. The van der Waals surface area contributed by atoms with Crippen LogP contribution in [0.5, 0.6) is 5.88 Å². The summed E-state index contributed by atoms with van der Waals surface area (Å²) in [6, 6.07) is 11.9. The first kappa shape index (κ1) is 17.2. The second-order valence-corrected chi connectivity index (χ2v) is 6.10. The Bertz CT molecular complexity index is 780. The fraction of sp³-hybridized carbons (Fsp3) is 0.389. The van der Waals surface area contributed by atoms with Crippen molar-refractivity contribution in [3.8, 4) is 11.6 Å². The third kappa shape index (κ3) is 4.24. The van der Waals surface area contributed by atoms with Crippen molar-refractivity contribution in [1.82, 2.24) is 14.7 Å². The molecule has 1 aromatic carbocycles. The molecule has 2 aromatic rings. The minimum Gasteiger partial charge on any atom is -0.467 e. The second-order valence-electron chi connectivity index (χ2n) is 6.10. The molecule has 0 unspecified atom stereocenters. The van der Waals surface area contributed by atoms with Crippen molar-refractivity contribution in [3.63, 3.8) is 0 Å². The highest BCUT2D eigenvalue weighted by Gasteiger charge is 2.26. The van der Waals surface area contributed by atoms with Gasteiger partial charge in [0.1, 0.15) is 0 Å². The highest BCUT2D eigenvalue weighted by atomic mass is 16.5. The van der Waals surface area contributed by atoms with E-state index in [2.05, 4.69) is 5.10 Å². The van der Waals surface area contributed by atoms with Crippen LogP contribution >= 0.6 is 0 Å². The van der Waals surface area contributed by atoms with Crippen LogP contribution in [0.4, 0.5) is 0 Å². The fourth-order valence-corrected chi connectivity index (χ4v) is 2.83. The third-order valence-electron chi connectivity index (χ3n) is 3.89. The highest BCUT2D eigenvalue weighted by molar-refractivity contribution is 5.77. The molecule has 0 spiro atoms. The number of carbonyl (C=O) groups excluding carboxylic acids is 1. The fourth-order valence-electron chi connectivity index (χ4n) is 2.83. The van der Waals surface area contributed by atoms with Crippen LogP contribution in [0.1, 0.15) is 13.8 Å². The molecular formula is C18H21N3O4. The van der Waals surface area contributed by atoms with Crippen LogP contribution in [0, 0.1) is 0 Å². The van der Waals surface area contributed by atoms with E-state index >= 15 is 0 Å². The Kier molecular flexibility index (Phi) is 5.14. The molecule has 3 rings (SSSR count). The number of benzene rings is 1. The molecular weight excluding hydrogens is 322 g/mol. The normalized spacial score (nSPS) is 20.3. The summed E-state index contributed by atoms with van der Waals surface area (Å²) in [5, 5.41) is 4.18. The first-order valence-electron chi connectivity index (χ1n) is 8.25. The monoisotopic (exact) mass is 343 g/mol. The van der Waals surface area contributed by atoms with Crippen molar-refractivity contribution < 1.29 is 14.3 Å². The van der Waals surface area contributed by atoms with Crippen LogP contribution in [0.15, 0.2) is 47.3 Å². The van der Waals surface area contributed by atoms with E-state index in [4.69, 9.17) is 9.47 Å². The van der Waals surface area contributed by atoms with Crippen LogP contribution in [0.2, 0.25) is 0 Å². The molecule has 2 heterocycles. The average molecular weight is 343 g/mol. The quantitative estimate of drug-likeness (QED) is 0.835. The lowest BCUT2D eigenvalue weighted by molar-refractivity contribution is -0.145. The SMILES string of the molecule is C[C@H]1CN(C(=O)COc2ccc(=O)n(-c3ccccc3)n2)C[C@H](C)O1. The largest absolute Gasteiger partial charge is 0.467 e. The lowest BCUT2D eigenvalue weighted by Gasteiger charge is -2.35. The van der Waals surface area contributed by atoms with Gasteiger partial charge in [-0.2, -0.15) is 4.68 Å². The Morgan fingerprint density at radius 3 is 2.52 bits per heavy atom. The zero-order valence-corrected chi connectivity index (χ0v) is 14.3. The topological polar surface area (TPSA) is 73.7 Å². The highest BCUT2D eigenvalue weighted by Crippen LogP contribution is 2.12. The van der Waals surface area contributed by atoms with E-state index in [0.717, 1.165) is 0 Å². The Labute approximate surface area is 145 Å². The maximum atomic E-state index is 12.3. The first-order chi connectivity index (χ1) is 12.0. The van der Waals surface area contributed by atoms with Crippen molar-refractivity contribution in [2.24, 2.45) is 0 Å². The molecule has 1 aliphatic heterocycles. The van der Waals surface area contributed by atoms with E-state index in [-0.39, 0.29) is 36.2 Å². The number of ether oxygens (including phenoxy) is 2. The summed E-state index contributed by atoms with van der Waals surface area (Å²) >= 11 is 0. The molecule has 1 amide bonds. The summed E-state index contributed by atoms with van der Waals surface area (Å²) in [6.45, 7) is 4.84. The van der Waals surface area contributed by atoms with Gasteiger partial charge in [-0.3, -0.25) is 9.59 Å². The number of para-hydroxylation sites is 1. The maximum absolute atomic E-state index is 12.3. The summed E-state index contributed by atoms with van der Waals surface area (Å²) in [6.07, 6.45) is 0.0108. The minimum atomic E-state index is -0.263. The standard InChI is InChI=1S/C18H21N3O4/c1-13-10-20(11-14(2)25-13)18(23)12-24-16-8-9-17(22)21(19-16)15-6-4-3-5-7-15/h3-9,13-14H,10-12H2,1-2H3/t13-,14-/m0/s1. The molecule has 1 saturated heterocycles. The van der Waals surface area contributed by atoms with E-state index in [1.54, 1.807) is 17.0 Å². The number of aromatic nitrogens is 2. The number of rotatable bonds is 4. The Balaban J connectivity index is 1.67. The number of carbonyl (C=O) groups is 1. The molecule has 0 bridgehead atoms. The van der Waals surface area contributed by atoms with Gasteiger partial charge < -0.3 is 14.4 Å². The zero-order chi connectivity index (χ0) is 17.8. The van der Waals surface area contributed by atoms with Crippen LogP contribution < -0.4 is 10.3 Å². The van der Waals surface area contributed by atoms with Crippen molar-refractivity contribution in [2.45, 2.75) is 26.1 Å². The summed E-state index contributed by atoms with van der Waals surface area (Å²) in [5.41, 5.74) is 0.376. The van der Waals surface area contributed by atoms with Gasteiger partial charge in [-0.1, -0.05) is 18.2 Å². The van der Waals surface area contributed by atoms with E-state index in [0.29, 0.717) is 18.8 Å². The minimum absolute atomic E-state index is 0.00538. The predicted molar refractivity (Wildman–Crippen MR) is 91.9 cm³/mol. The Morgan fingerprint density at radius 2 is 1.84 bits per heavy atom. The lowest BCUT2D eigenvalue weighted by Crippen LogP contribution is -2.49. The van der Waals surface area contributed by atoms with Crippen molar-refractivity contribution in [3.05, 3.63) is 52.8 Å². The number of amides is 1. The van der Waals surface area contributed by atoms with Crippen molar-refractivity contribution in [1.29, 1.82) is 0 Å². The summed E-state index contributed by atoms with van der Waals surface area (Å²) < 4.78 is 12.4. The molecule has 2 atom stereocenters. The van der Waals surface area contributed by atoms with Crippen LogP contribution in [0.3, 0.4) is 0 Å². The predicted octanol–water partition coefficient (Wildman–Crippen LogP) is 1.25. The zero-order valence-electron chi connectivity index (χ0n) is 14.3. The van der Waals surface area contributed by atoms with Gasteiger partial charge in [-0.15, -0.1) is 5.10 Å². The van der Waals surface area contributed by atoms with Gasteiger partial charge in [0.2, 0.25) is 5.88 Å². The summed E-state index contributed by atoms with van der Waals surface area (Å²) in [4.78, 5) is 26.0. The first-order valence-corrected chi connectivity index (χ1v) is 8.25. The molecule has 0 radical (unpaired) electrons. The second kappa shape index (κ2) is 7.48. The van der Waals surface area contributed by atoms with E-state index in [1.165, 1.54) is 16.8 Å². The van der Waals surface area contributed by atoms with Crippen molar-refractivity contribution >= 4 is 5.91 Å². The number of hydrogen-bond acceptors (Lipinski definition) is 5. The summed E-state index contributed by atoms with van der Waals surface area (Å²) in [7, 11) is 0. The van der Waals surface area contributed by atoms with Crippen LogP contribution in [-0.2, 0) is 9.53 Å². The maximum Gasteiger partial charge on any atom is 0.271 e.